The van der Waals surface area contributed by atoms with Crippen molar-refractivity contribution in [2.45, 2.75) is 25.7 Å². The van der Waals surface area contributed by atoms with Gasteiger partial charge < -0.3 is 15.2 Å². The Balaban J connectivity index is 2.03. The van der Waals surface area contributed by atoms with Crippen molar-refractivity contribution < 1.29 is 9.47 Å². The van der Waals surface area contributed by atoms with Crippen LogP contribution in [-0.4, -0.2) is 22.2 Å². The highest BCUT2D eigenvalue weighted by Gasteiger charge is 2.34. The van der Waals surface area contributed by atoms with E-state index in [-0.39, 0.29) is 6.10 Å². The average Bonchev–Trinajstić information content (AvgIpc) is 2.94. The van der Waals surface area contributed by atoms with Gasteiger partial charge in [0.2, 0.25) is 0 Å². The SMILES string of the molecule is Cn1ncc(-c2ccccc2C2COC(C)(C)O2)c1N. The van der Waals surface area contributed by atoms with Crippen LogP contribution < -0.4 is 5.73 Å². The summed E-state index contributed by atoms with van der Waals surface area (Å²) in [6.45, 7) is 4.40. The van der Waals surface area contributed by atoms with Crippen molar-refractivity contribution in [3.8, 4) is 11.1 Å². The Morgan fingerprint density at radius 3 is 2.65 bits per heavy atom. The lowest BCUT2D eigenvalue weighted by Crippen LogP contribution is -2.19. The topological polar surface area (TPSA) is 62.3 Å². The summed E-state index contributed by atoms with van der Waals surface area (Å²) in [5.74, 6) is 0.105. The Labute approximate surface area is 118 Å². The van der Waals surface area contributed by atoms with E-state index in [2.05, 4.69) is 11.2 Å². The largest absolute Gasteiger partial charge is 0.383 e. The van der Waals surface area contributed by atoms with Crippen LogP contribution in [0, 0.1) is 0 Å². The Morgan fingerprint density at radius 1 is 1.30 bits per heavy atom. The summed E-state index contributed by atoms with van der Waals surface area (Å²) in [5, 5.41) is 4.21. The van der Waals surface area contributed by atoms with Crippen LogP contribution in [0.15, 0.2) is 30.5 Å². The molecule has 106 valence electrons. The lowest BCUT2D eigenvalue weighted by Gasteiger charge is -2.18. The van der Waals surface area contributed by atoms with Gasteiger partial charge in [0, 0.05) is 12.6 Å². The summed E-state index contributed by atoms with van der Waals surface area (Å²) < 4.78 is 13.3. The first-order valence-corrected chi connectivity index (χ1v) is 6.66. The van der Waals surface area contributed by atoms with Crippen LogP contribution in [0.25, 0.3) is 11.1 Å². The minimum Gasteiger partial charge on any atom is -0.383 e. The zero-order chi connectivity index (χ0) is 14.3. The van der Waals surface area contributed by atoms with Gasteiger partial charge in [0.1, 0.15) is 11.9 Å². The maximum atomic E-state index is 6.08. The fourth-order valence-electron chi connectivity index (χ4n) is 2.52. The number of nitrogens with zero attached hydrogens (tertiary/aromatic N) is 2. The van der Waals surface area contributed by atoms with Gasteiger partial charge in [0.25, 0.3) is 0 Å². The number of rotatable bonds is 2. The summed E-state index contributed by atoms with van der Waals surface area (Å²) in [5.41, 5.74) is 9.14. The Bertz CT molecular complexity index is 634. The van der Waals surface area contributed by atoms with Crippen LogP contribution in [0.5, 0.6) is 0 Å². The third-order valence-electron chi connectivity index (χ3n) is 3.59. The van der Waals surface area contributed by atoms with E-state index in [0.717, 1.165) is 16.7 Å². The van der Waals surface area contributed by atoms with Crippen molar-refractivity contribution >= 4 is 5.82 Å². The number of anilines is 1. The van der Waals surface area contributed by atoms with Crippen molar-refractivity contribution in [2.75, 3.05) is 12.3 Å². The second-order valence-electron chi connectivity index (χ2n) is 5.47. The molecule has 5 heteroatoms. The summed E-state index contributed by atoms with van der Waals surface area (Å²) >= 11 is 0. The molecule has 1 saturated heterocycles. The van der Waals surface area contributed by atoms with Crippen molar-refractivity contribution in [3.63, 3.8) is 0 Å². The van der Waals surface area contributed by atoms with E-state index >= 15 is 0 Å². The highest BCUT2D eigenvalue weighted by Crippen LogP contribution is 2.38. The number of nitrogens with two attached hydrogens (primary N) is 1. The molecule has 0 spiro atoms. The molecule has 1 unspecified atom stereocenters. The molecule has 1 aliphatic heterocycles. The summed E-state index contributed by atoms with van der Waals surface area (Å²) in [7, 11) is 1.83. The van der Waals surface area contributed by atoms with E-state index in [4.69, 9.17) is 15.2 Å². The summed E-state index contributed by atoms with van der Waals surface area (Å²) in [6.07, 6.45) is 1.70. The second-order valence-corrected chi connectivity index (χ2v) is 5.47. The summed E-state index contributed by atoms with van der Waals surface area (Å²) in [6, 6.07) is 8.08. The van der Waals surface area contributed by atoms with Crippen LogP contribution in [-0.2, 0) is 16.5 Å². The lowest BCUT2D eigenvalue weighted by molar-refractivity contribution is -0.139. The maximum absolute atomic E-state index is 6.08. The predicted octanol–water partition coefficient (Wildman–Crippen LogP) is 2.49. The zero-order valence-corrected chi connectivity index (χ0v) is 12.0. The second kappa shape index (κ2) is 4.61. The molecule has 0 bridgehead atoms. The quantitative estimate of drug-likeness (QED) is 0.913. The molecule has 0 aliphatic carbocycles. The minimum atomic E-state index is -0.543. The first-order valence-electron chi connectivity index (χ1n) is 6.66. The molecule has 1 aromatic carbocycles. The van der Waals surface area contributed by atoms with Crippen molar-refractivity contribution in [3.05, 3.63) is 36.0 Å². The monoisotopic (exact) mass is 273 g/mol. The van der Waals surface area contributed by atoms with E-state index < -0.39 is 5.79 Å². The van der Waals surface area contributed by atoms with E-state index in [0.29, 0.717) is 12.4 Å². The number of aryl methyl sites for hydroxylation is 1. The fourth-order valence-corrected chi connectivity index (χ4v) is 2.52. The molecule has 1 aromatic heterocycles. The van der Waals surface area contributed by atoms with Gasteiger partial charge in [0.15, 0.2) is 5.79 Å². The van der Waals surface area contributed by atoms with Crippen molar-refractivity contribution in [1.29, 1.82) is 0 Å². The normalized spacial score (nSPS) is 21.2. The highest BCUT2D eigenvalue weighted by molar-refractivity contribution is 5.76. The Hall–Kier alpha value is -1.85. The molecule has 1 fully saturated rings. The molecule has 20 heavy (non-hydrogen) atoms. The lowest BCUT2D eigenvalue weighted by atomic mass is 9.98. The number of nitrogen functional groups attached to an aromatic ring is 1. The highest BCUT2D eigenvalue weighted by atomic mass is 16.7. The molecule has 3 rings (SSSR count). The first kappa shape index (κ1) is 13.1. The number of hydrogen-bond donors (Lipinski definition) is 1. The van der Waals surface area contributed by atoms with Gasteiger partial charge >= 0.3 is 0 Å². The van der Waals surface area contributed by atoms with E-state index in [1.54, 1.807) is 10.9 Å². The van der Waals surface area contributed by atoms with Crippen LogP contribution in [0.2, 0.25) is 0 Å². The van der Waals surface area contributed by atoms with E-state index in [1.807, 2.05) is 39.1 Å². The number of benzene rings is 1. The third-order valence-corrected chi connectivity index (χ3v) is 3.59. The first-order chi connectivity index (χ1) is 9.48. The van der Waals surface area contributed by atoms with Crippen molar-refractivity contribution in [1.82, 2.24) is 9.78 Å². The number of hydrogen-bond acceptors (Lipinski definition) is 4. The molecule has 2 aromatic rings. The minimum absolute atomic E-state index is 0.0826. The molecule has 5 nitrogen and oxygen atoms in total. The molecule has 0 saturated carbocycles. The smallest absolute Gasteiger partial charge is 0.163 e. The Morgan fingerprint density at radius 2 is 2.05 bits per heavy atom. The van der Waals surface area contributed by atoms with Gasteiger partial charge in [-0.2, -0.15) is 5.10 Å². The molecular weight excluding hydrogens is 254 g/mol. The van der Waals surface area contributed by atoms with Gasteiger partial charge in [-0.15, -0.1) is 0 Å². The molecule has 2 heterocycles. The molecule has 0 amide bonds. The average molecular weight is 273 g/mol. The third kappa shape index (κ3) is 2.19. The van der Waals surface area contributed by atoms with Crippen molar-refractivity contribution in [2.24, 2.45) is 7.05 Å². The standard InChI is InChI=1S/C15H19N3O2/c1-15(2)19-9-13(20-15)11-7-5-4-6-10(11)12-8-17-18(3)14(12)16/h4-8,13H,9,16H2,1-3H3. The van der Waals surface area contributed by atoms with Crippen LogP contribution in [0.4, 0.5) is 5.82 Å². The molecule has 1 atom stereocenters. The van der Waals surface area contributed by atoms with Gasteiger partial charge in [-0.25, -0.2) is 0 Å². The number of aromatic nitrogens is 2. The fraction of sp³-hybridized carbons (Fsp3) is 0.400. The maximum Gasteiger partial charge on any atom is 0.163 e. The molecule has 0 radical (unpaired) electrons. The van der Waals surface area contributed by atoms with Crippen LogP contribution in [0.3, 0.4) is 0 Å². The van der Waals surface area contributed by atoms with Crippen LogP contribution in [0.1, 0.15) is 25.5 Å². The van der Waals surface area contributed by atoms with Crippen LogP contribution >= 0.6 is 0 Å². The number of ether oxygens (including phenoxy) is 2. The van der Waals surface area contributed by atoms with Gasteiger partial charge in [-0.3, -0.25) is 4.68 Å². The van der Waals surface area contributed by atoms with E-state index in [1.165, 1.54) is 0 Å². The summed E-state index contributed by atoms with van der Waals surface area (Å²) in [4.78, 5) is 0. The van der Waals surface area contributed by atoms with Gasteiger partial charge in [0.05, 0.1) is 12.8 Å². The van der Waals surface area contributed by atoms with E-state index in [9.17, 15) is 0 Å². The molecule has 2 N–H and O–H groups in total. The van der Waals surface area contributed by atoms with Gasteiger partial charge in [-0.1, -0.05) is 24.3 Å². The van der Waals surface area contributed by atoms with Gasteiger partial charge in [-0.05, 0) is 25.0 Å². The Kier molecular flexibility index (Phi) is 3.03. The molecule has 1 aliphatic rings. The zero-order valence-electron chi connectivity index (χ0n) is 12.0. The molecular formula is C15H19N3O2. The predicted molar refractivity (Wildman–Crippen MR) is 76.9 cm³/mol.